The van der Waals surface area contributed by atoms with Gasteiger partial charge >= 0.3 is 0 Å². The van der Waals surface area contributed by atoms with Gasteiger partial charge in [-0.1, -0.05) is 17.3 Å². The van der Waals surface area contributed by atoms with Gasteiger partial charge in [0, 0.05) is 0 Å². The zero-order valence-corrected chi connectivity index (χ0v) is 11.2. The highest BCUT2D eigenvalue weighted by Gasteiger charge is 2.13. The number of ether oxygens (including phenoxy) is 2. The molecule has 20 heavy (non-hydrogen) atoms. The summed E-state index contributed by atoms with van der Waals surface area (Å²) in [5.41, 5.74) is 1.07. The van der Waals surface area contributed by atoms with E-state index in [1.165, 1.54) is 4.68 Å². The zero-order chi connectivity index (χ0) is 14.4. The molecular formula is C13H17N3O4. The number of benzene rings is 1. The highest BCUT2D eigenvalue weighted by atomic mass is 16.5. The highest BCUT2D eigenvalue weighted by Crippen LogP contribution is 2.26. The van der Waals surface area contributed by atoms with E-state index >= 15 is 0 Å². The number of aromatic nitrogens is 3. The van der Waals surface area contributed by atoms with Gasteiger partial charge in [-0.05, 0) is 12.1 Å². The fourth-order valence-corrected chi connectivity index (χ4v) is 1.81. The molecule has 0 spiro atoms. The van der Waals surface area contributed by atoms with Crippen LogP contribution in [0.15, 0.2) is 24.3 Å². The quantitative estimate of drug-likeness (QED) is 0.760. The predicted octanol–water partition coefficient (Wildman–Crippen LogP) is 0.350. The lowest BCUT2D eigenvalue weighted by atomic mass is 10.3. The molecule has 0 unspecified atom stereocenters. The number of hydrogen-bond acceptors (Lipinski definition) is 6. The average Bonchev–Trinajstić information content (AvgIpc) is 2.88. The maximum absolute atomic E-state index is 9.24. The molecule has 0 aliphatic rings. The lowest BCUT2D eigenvalue weighted by Crippen LogP contribution is -2.11. The largest absolute Gasteiger partial charge is 0.493 e. The van der Waals surface area contributed by atoms with E-state index in [9.17, 15) is 5.11 Å². The molecule has 2 rings (SSSR count). The van der Waals surface area contributed by atoms with Crippen molar-refractivity contribution in [1.29, 1.82) is 0 Å². The Morgan fingerprint density at radius 1 is 1.20 bits per heavy atom. The Labute approximate surface area is 116 Å². The Kier molecular flexibility index (Phi) is 4.91. The van der Waals surface area contributed by atoms with Crippen molar-refractivity contribution in [2.24, 2.45) is 0 Å². The maximum atomic E-state index is 9.24. The lowest BCUT2D eigenvalue weighted by Gasteiger charge is -2.11. The molecule has 7 nitrogen and oxygen atoms in total. The topological polar surface area (TPSA) is 89.6 Å². The van der Waals surface area contributed by atoms with Crippen molar-refractivity contribution < 1.29 is 19.7 Å². The SMILES string of the molecule is COc1ccccc1OCc1c(CO)nnn1CCO. The molecule has 1 heterocycles. The van der Waals surface area contributed by atoms with Crippen LogP contribution in [0.5, 0.6) is 11.5 Å². The molecule has 0 aliphatic carbocycles. The van der Waals surface area contributed by atoms with Gasteiger partial charge in [0.05, 0.1) is 26.9 Å². The number of nitrogens with zero attached hydrogens (tertiary/aromatic N) is 3. The van der Waals surface area contributed by atoms with Crippen LogP contribution >= 0.6 is 0 Å². The second-order valence-corrected chi connectivity index (χ2v) is 4.03. The highest BCUT2D eigenvalue weighted by molar-refractivity contribution is 5.39. The van der Waals surface area contributed by atoms with E-state index in [4.69, 9.17) is 14.6 Å². The average molecular weight is 279 g/mol. The summed E-state index contributed by atoms with van der Waals surface area (Å²) in [5, 5.41) is 25.9. The number of aliphatic hydroxyl groups is 2. The van der Waals surface area contributed by atoms with Gasteiger partial charge in [0.2, 0.25) is 0 Å². The number of hydrogen-bond donors (Lipinski definition) is 2. The molecule has 0 fully saturated rings. The first kappa shape index (κ1) is 14.3. The first-order chi connectivity index (χ1) is 9.80. The summed E-state index contributed by atoms with van der Waals surface area (Å²) in [4.78, 5) is 0. The molecule has 0 amide bonds. The van der Waals surface area contributed by atoms with Crippen LogP contribution in [0.4, 0.5) is 0 Å². The molecule has 1 aromatic carbocycles. The molecule has 2 N–H and O–H groups in total. The predicted molar refractivity (Wildman–Crippen MR) is 70.4 cm³/mol. The molecule has 0 aliphatic heterocycles. The summed E-state index contributed by atoms with van der Waals surface area (Å²) < 4.78 is 12.4. The van der Waals surface area contributed by atoms with Crippen molar-refractivity contribution in [1.82, 2.24) is 15.0 Å². The molecule has 2 aromatic rings. The summed E-state index contributed by atoms with van der Waals surface area (Å²) in [6, 6.07) is 7.28. The van der Waals surface area contributed by atoms with Crippen LogP contribution in [0, 0.1) is 0 Å². The third kappa shape index (κ3) is 3.06. The van der Waals surface area contributed by atoms with Crippen LogP contribution in [-0.2, 0) is 19.8 Å². The van der Waals surface area contributed by atoms with Crippen molar-refractivity contribution >= 4 is 0 Å². The van der Waals surface area contributed by atoms with E-state index in [0.717, 1.165) is 0 Å². The molecule has 0 saturated carbocycles. The van der Waals surface area contributed by atoms with Gasteiger partial charge in [0.25, 0.3) is 0 Å². The third-order valence-corrected chi connectivity index (χ3v) is 2.81. The molecule has 108 valence electrons. The molecule has 0 bridgehead atoms. The minimum Gasteiger partial charge on any atom is -0.493 e. The van der Waals surface area contributed by atoms with Gasteiger partial charge in [-0.2, -0.15) is 0 Å². The van der Waals surface area contributed by atoms with E-state index in [-0.39, 0.29) is 19.8 Å². The van der Waals surface area contributed by atoms with E-state index < -0.39 is 0 Å². The molecule has 0 saturated heterocycles. The molecular weight excluding hydrogens is 262 g/mol. The van der Waals surface area contributed by atoms with Gasteiger partial charge in [0.15, 0.2) is 11.5 Å². The van der Waals surface area contributed by atoms with Gasteiger partial charge in [-0.3, -0.25) is 0 Å². The van der Waals surface area contributed by atoms with E-state index in [2.05, 4.69) is 10.3 Å². The van der Waals surface area contributed by atoms with Crippen LogP contribution in [0.1, 0.15) is 11.4 Å². The van der Waals surface area contributed by atoms with Crippen LogP contribution < -0.4 is 9.47 Å². The van der Waals surface area contributed by atoms with Crippen LogP contribution in [0.2, 0.25) is 0 Å². The number of para-hydroxylation sites is 2. The normalized spacial score (nSPS) is 10.6. The van der Waals surface area contributed by atoms with E-state index in [1.54, 1.807) is 19.2 Å². The van der Waals surface area contributed by atoms with Crippen LogP contribution in [0.3, 0.4) is 0 Å². The fraction of sp³-hybridized carbons (Fsp3) is 0.385. The molecule has 0 atom stereocenters. The Morgan fingerprint density at radius 2 is 1.95 bits per heavy atom. The smallest absolute Gasteiger partial charge is 0.161 e. The Bertz CT molecular complexity index is 556. The molecule has 7 heteroatoms. The Morgan fingerprint density at radius 3 is 2.60 bits per heavy atom. The zero-order valence-electron chi connectivity index (χ0n) is 11.2. The Balaban J connectivity index is 2.15. The molecule has 1 aromatic heterocycles. The van der Waals surface area contributed by atoms with Gasteiger partial charge in [-0.25, -0.2) is 4.68 Å². The monoisotopic (exact) mass is 279 g/mol. The summed E-state index contributed by atoms with van der Waals surface area (Å²) in [5.74, 6) is 1.22. The summed E-state index contributed by atoms with van der Waals surface area (Å²) in [6.45, 7) is 0.201. The van der Waals surface area contributed by atoms with Gasteiger partial charge in [0.1, 0.15) is 18.0 Å². The molecule has 0 radical (unpaired) electrons. The first-order valence-corrected chi connectivity index (χ1v) is 6.19. The first-order valence-electron chi connectivity index (χ1n) is 6.19. The number of rotatable bonds is 7. The van der Waals surface area contributed by atoms with Crippen molar-refractivity contribution in [3.05, 3.63) is 35.7 Å². The van der Waals surface area contributed by atoms with E-state index in [0.29, 0.717) is 29.4 Å². The standard InChI is InChI=1S/C13H17N3O4/c1-19-12-4-2-3-5-13(12)20-9-11-10(8-18)14-15-16(11)6-7-17/h2-5,17-18H,6-9H2,1H3. The minimum absolute atomic E-state index is 0.0596. The maximum Gasteiger partial charge on any atom is 0.161 e. The van der Waals surface area contributed by atoms with Crippen molar-refractivity contribution in [2.45, 2.75) is 19.8 Å². The van der Waals surface area contributed by atoms with Crippen molar-refractivity contribution in [3.8, 4) is 11.5 Å². The van der Waals surface area contributed by atoms with Crippen LogP contribution in [0.25, 0.3) is 0 Å². The van der Waals surface area contributed by atoms with E-state index in [1.807, 2.05) is 12.1 Å². The second kappa shape index (κ2) is 6.88. The van der Waals surface area contributed by atoms with Crippen molar-refractivity contribution in [2.75, 3.05) is 13.7 Å². The third-order valence-electron chi connectivity index (χ3n) is 2.81. The summed E-state index contributed by atoms with van der Waals surface area (Å²) in [6.07, 6.45) is 0. The summed E-state index contributed by atoms with van der Waals surface area (Å²) >= 11 is 0. The second-order valence-electron chi connectivity index (χ2n) is 4.03. The number of aliphatic hydroxyl groups excluding tert-OH is 2. The van der Waals surface area contributed by atoms with Crippen molar-refractivity contribution in [3.63, 3.8) is 0 Å². The fourth-order valence-electron chi connectivity index (χ4n) is 1.81. The van der Waals surface area contributed by atoms with Gasteiger partial charge < -0.3 is 19.7 Å². The number of methoxy groups -OCH3 is 1. The van der Waals surface area contributed by atoms with Gasteiger partial charge in [-0.15, -0.1) is 5.10 Å². The lowest BCUT2D eigenvalue weighted by molar-refractivity contribution is 0.241. The Hall–Kier alpha value is -2.12. The minimum atomic E-state index is -0.226. The van der Waals surface area contributed by atoms with Crippen LogP contribution in [-0.4, -0.2) is 38.9 Å². The summed E-state index contributed by atoms with van der Waals surface area (Å²) in [7, 11) is 1.57.